The molecule has 0 bridgehead atoms. The molecule has 1 aromatic rings. The first-order valence-corrected chi connectivity index (χ1v) is 3.54. The van der Waals surface area contributed by atoms with E-state index in [1.165, 1.54) is 23.8 Å². The van der Waals surface area contributed by atoms with Crippen molar-refractivity contribution < 1.29 is 19.9 Å². The van der Waals surface area contributed by atoms with E-state index in [9.17, 15) is 9.59 Å². The maximum Gasteiger partial charge on any atom is 0.354 e. The SMILES string of the molecule is O=C(NO)Nc1ccc(C(=O)O)nc1. The van der Waals surface area contributed by atoms with Gasteiger partial charge < -0.3 is 10.4 Å². The number of pyridine rings is 1. The van der Waals surface area contributed by atoms with Gasteiger partial charge in [0.1, 0.15) is 5.69 Å². The normalized spacial score (nSPS) is 9.21. The minimum atomic E-state index is -1.15. The summed E-state index contributed by atoms with van der Waals surface area (Å²) < 4.78 is 0. The maximum absolute atomic E-state index is 10.6. The Balaban J connectivity index is 2.73. The second-order valence-corrected chi connectivity index (χ2v) is 2.30. The van der Waals surface area contributed by atoms with Crippen molar-refractivity contribution >= 4 is 17.7 Å². The summed E-state index contributed by atoms with van der Waals surface area (Å²) in [6.07, 6.45) is 1.17. The van der Waals surface area contributed by atoms with E-state index in [1.54, 1.807) is 0 Å². The van der Waals surface area contributed by atoms with Crippen molar-refractivity contribution in [3.63, 3.8) is 0 Å². The quantitative estimate of drug-likeness (QED) is 0.402. The van der Waals surface area contributed by atoms with E-state index in [1.807, 2.05) is 0 Å². The van der Waals surface area contributed by atoms with Crippen LogP contribution in [0.2, 0.25) is 0 Å². The number of aromatic nitrogens is 1. The molecule has 0 aliphatic carbocycles. The fourth-order valence-corrected chi connectivity index (χ4v) is 0.753. The molecular formula is C7H7N3O4. The Labute approximate surface area is 78.3 Å². The number of carboxylic acid groups (broad SMARTS) is 1. The Kier molecular flexibility index (Phi) is 2.97. The lowest BCUT2D eigenvalue weighted by molar-refractivity contribution is 0.0690. The Morgan fingerprint density at radius 2 is 2.07 bits per heavy atom. The van der Waals surface area contributed by atoms with E-state index in [-0.39, 0.29) is 11.4 Å². The van der Waals surface area contributed by atoms with Crippen molar-refractivity contribution in [2.45, 2.75) is 0 Å². The van der Waals surface area contributed by atoms with E-state index in [2.05, 4.69) is 10.3 Å². The molecule has 0 fully saturated rings. The smallest absolute Gasteiger partial charge is 0.354 e. The molecule has 0 atom stereocenters. The number of amides is 2. The largest absolute Gasteiger partial charge is 0.477 e. The van der Waals surface area contributed by atoms with Crippen LogP contribution in [0.15, 0.2) is 18.3 Å². The van der Waals surface area contributed by atoms with Gasteiger partial charge in [0.2, 0.25) is 0 Å². The van der Waals surface area contributed by atoms with Gasteiger partial charge >= 0.3 is 12.0 Å². The summed E-state index contributed by atoms with van der Waals surface area (Å²) >= 11 is 0. The number of hydrogen-bond acceptors (Lipinski definition) is 4. The van der Waals surface area contributed by atoms with Crippen LogP contribution in [0, 0.1) is 0 Å². The highest BCUT2D eigenvalue weighted by molar-refractivity contribution is 5.89. The summed E-state index contributed by atoms with van der Waals surface area (Å²) in [5.41, 5.74) is 1.51. The second kappa shape index (κ2) is 4.19. The zero-order chi connectivity index (χ0) is 10.6. The number of urea groups is 1. The molecule has 74 valence electrons. The Bertz CT molecular complexity index is 348. The molecule has 0 unspecified atom stereocenters. The molecule has 0 aromatic carbocycles. The van der Waals surface area contributed by atoms with Crippen molar-refractivity contribution in [1.82, 2.24) is 10.5 Å². The summed E-state index contributed by atoms with van der Waals surface area (Å²) in [6.45, 7) is 0. The zero-order valence-electron chi connectivity index (χ0n) is 6.89. The summed E-state index contributed by atoms with van der Waals surface area (Å²) in [4.78, 5) is 24.5. The highest BCUT2D eigenvalue weighted by Crippen LogP contribution is 2.05. The van der Waals surface area contributed by atoms with Crippen LogP contribution in [0.3, 0.4) is 0 Å². The lowest BCUT2D eigenvalue weighted by Crippen LogP contribution is -2.25. The van der Waals surface area contributed by atoms with Crippen LogP contribution in [-0.2, 0) is 0 Å². The molecule has 1 heterocycles. The number of nitrogens with one attached hydrogen (secondary N) is 2. The Morgan fingerprint density at radius 1 is 1.36 bits per heavy atom. The van der Waals surface area contributed by atoms with E-state index in [0.29, 0.717) is 0 Å². The van der Waals surface area contributed by atoms with Gasteiger partial charge in [0.25, 0.3) is 0 Å². The van der Waals surface area contributed by atoms with Crippen LogP contribution in [0.1, 0.15) is 10.5 Å². The number of aromatic carboxylic acids is 1. The van der Waals surface area contributed by atoms with E-state index in [4.69, 9.17) is 10.3 Å². The van der Waals surface area contributed by atoms with Gasteiger partial charge in [0.05, 0.1) is 11.9 Å². The molecule has 0 aliphatic rings. The lowest BCUT2D eigenvalue weighted by Gasteiger charge is -2.02. The highest BCUT2D eigenvalue weighted by Gasteiger charge is 2.04. The predicted octanol–water partition coefficient (Wildman–Crippen LogP) is 0.290. The average molecular weight is 197 g/mol. The number of carbonyl (C=O) groups excluding carboxylic acids is 1. The third kappa shape index (κ3) is 2.42. The number of anilines is 1. The molecule has 2 amide bonds. The molecule has 0 saturated heterocycles. The maximum atomic E-state index is 10.6. The predicted molar refractivity (Wildman–Crippen MR) is 45.1 cm³/mol. The first-order valence-electron chi connectivity index (χ1n) is 3.54. The van der Waals surface area contributed by atoms with E-state index >= 15 is 0 Å². The number of hydrogen-bond donors (Lipinski definition) is 4. The molecule has 1 aromatic heterocycles. The van der Waals surface area contributed by atoms with Crippen LogP contribution in [0.5, 0.6) is 0 Å². The van der Waals surface area contributed by atoms with Gasteiger partial charge in [-0.05, 0) is 12.1 Å². The van der Waals surface area contributed by atoms with Crippen LogP contribution in [-0.4, -0.2) is 27.3 Å². The van der Waals surface area contributed by atoms with Gasteiger partial charge in [-0.3, -0.25) is 5.21 Å². The van der Waals surface area contributed by atoms with E-state index < -0.39 is 12.0 Å². The molecule has 4 N–H and O–H groups in total. The van der Waals surface area contributed by atoms with Crippen molar-refractivity contribution in [3.8, 4) is 0 Å². The zero-order valence-corrected chi connectivity index (χ0v) is 6.89. The fourth-order valence-electron chi connectivity index (χ4n) is 0.753. The van der Waals surface area contributed by atoms with Gasteiger partial charge in [-0.25, -0.2) is 20.1 Å². The summed E-state index contributed by atoms with van der Waals surface area (Å²) in [5, 5.41) is 18.9. The Morgan fingerprint density at radius 3 is 2.50 bits per heavy atom. The molecular weight excluding hydrogens is 190 g/mol. The van der Waals surface area contributed by atoms with Crippen LogP contribution in [0.4, 0.5) is 10.5 Å². The third-order valence-corrected chi connectivity index (χ3v) is 1.34. The van der Waals surface area contributed by atoms with Gasteiger partial charge in [-0.15, -0.1) is 0 Å². The third-order valence-electron chi connectivity index (χ3n) is 1.34. The average Bonchev–Trinajstić information content (AvgIpc) is 2.18. The fraction of sp³-hybridized carbons (Fsp3) is 0. The first-order chi connectivity index (χ1) is 6.63. The number of nitrogens with zero attached hydrogens (tertiary/aromatic N) is 1. The van der Waals surface area contributed by atoms with Gasteiger partial charge in [0.15, 0.2) is 0 Å². The number of hydroxylamine groups is 1. The molecule has 1 rings (SSSR count). The van der Waals surface area contributed by atoms with E-state index in [0.717, 1.165) is 0 Å². The standard InChI is InChI=1S/C7H7N3O4/c11-6(12)5-2-1-4(3-8-5)9-7(13)10-14/h1-3,14H,(H,11,12)(H2,9,10,13). The summed E-state index contributed by atoms with van der Waals surface area (Å²) in [7, 11) is 0. The Hall–Kier alpha value is -2.15. The summed E-state index contributed by atoms with van der Waals surface area (Å²) in [6, 6.07) is 1.76. The van der Waals surface area contributed by atoms with Gasteiger partial charge in [-0.1, -0.05) is 0 Å². The molecule has 14 heavy (non-hydrogen) atoms. The molecule has 0 radical (unpaired) electrons. The highest BCUT2D eigenvalue weighted by atomic mass is 16.5. The molecule has 0 spiro atoms. The van der Waals surface area contributed by atoms with Crippen molar-refractivity contribution in [1.29, 1.82) is 0 Å². The molecule has 7 heteroatoms. The van der Waals surface area contributed by atoms with Crippen LogP contribution in [0.25, 0.3) is 0 Å². The van der Waals surface area contributed by atoms with Crippen LogP contribution < -0.4 is 10.8 Å². The van der Waals surface area contributed by atoms with Crippen molar-refractivity contribution in [2.24, 2.45) is 0 Å². The van der Waals surface area contributed by atoms with Crippen molar-refractivity contribution in [3.05, 3.63) is 24.0 Å². The first kappa shape index (κ1) is 9.93. The molecule has 7 nitrogen and oxygen atoms in total. The lowest BCUT2D eigenvalue weighted by atomic mass is 10.3. The minimum absolute atomic E-state index is 0.125. The number of carboxylic acids is 1. The second-order valence-electron chi connectivity index (χ2n) is 2.30. The van der Waals surface area contributed by atoms with Gasteiger partial charge in [0, 0.05) is 0 Å². The topological polar surface area (TPSA) is 112 Å². The minimum Gasteiger partial charge on any atom is -0.477 e. The molecule has 0 aliphatic heterocycles. The van der Waals surface area contributed by atoms with Crippen molar-refractivity contribution in [2.75, 3.05) is 5.32 Å². The van der Waals surface area contributed by atoms with Gasteiger partial charge in [-0.2, -0.15) is 0 Å². The number of carbonyl (C=O) groups is 2. The summed E-state index contributed by atoms with van der Waals surface area (Å²) in [5.74, 6) is -1.15. The molecule has 0 saturated carbocycles. The number of rotatable bonds is 2. The van der Waals surface area contributed by atoms with Crippen LogP contribution >= 0.6 is 0 Å². The monoisotopic (exact) mass is 197 g/mol.